The molecule has 4 rings (SSSR count). The van der Waals surface area contributed by atoms with Crippen LogP contribution in [0.25, 0.3) is 26.3 Å². The molecule has 1 aromatic carbocycles. The normalized spacial score (nSPS) is 11.2. The number of hydrogen-bond acceptors (Lipinski definition) is 4. The number of benzene rings is 1. The van der Waals surface area contributed by atoms with Crippen LogP contribution in [0.15, 0.2) is 48.7 Å². The largest absolute Gasteiger partial charge is 0.476 e. The van der Waals surface area contributed by atoms with Gasteiger partial charge >= 0.3 is 5.97 Å². The number of fused-ring (bicyclic) bond motifs is 2. The standard InChI is InChI=1S/C15H9N3O2S/c19-15(20)10-8-14-16-6-5-11(18(14)17-10)13-7-9-3-1-2-4-12(9)21-13/h1-8H,(H,19,20). The molecule has 0 atom stereocenters. The zero-order valence-corrected chi connectivity index (χ0v) is 11.5. The van der Waals surface area contributed by atoms with E-state index in [2.05, 4.69) is 28.3 Å². The van der Waals surface area contributed by atoms with Gasteiger partial charge in [-0.2, -0.15) is 5.10 Å². The maximum Gasteiger partial charge on any atom is 0.356 e. The molecule has 0 fully saturated rings. The molecule has 0 saturated heterocycles. The highest BCUT2D eigenvalue weighted by Gasteiger charge is 2.14. The summed E-state index contributed by atoms with van der Waals surface area (Å²) in [6.45, 7) is 0. The molecule has 0 bridgehead atoms. The highest BCUT2D eigenvalue weighted by atomic mass is 32.1. The molecule has 0 unspecified atom stereocenters. The van der Waals surface area contributed by atoms with E-state index >= 15 is 0 Å². The molecule has 0 aliphatic carbocycles. The minimum Gasteiger partial charge on any atom is -0.476 e. The number of nitrogens with zero attached hydrogens (tertiary/aromatic N) is 3. The topological polar surface area (TPSA) is 67.5 Å². The van der Waals surface area contributed by atoms with Crippen LogP contribution < -0.4 is 0 Å². The molecule has 0 aliphatic heterocycles. The lowest BCUT2D eigenvalue weighted by molar-refractivity contribution is 0.0690. The summed E-state index contributed by atoms with van der Waals surface area (Å²) >= 11 is 1.65. The molecule has 0 saturated carbocycles. The number of rotatable bonds is 2. The molecule has 3 aromatic heterocycles. The summed E-state index contributed by atoms with van der Waals surface area (Å²) in [6.07, 6.45) is 1.67. The van der Waals surface area contributed by atoms with Gasteiger partial charge in [-0.3, -0.25) is 0 Å². The van der Waals surface area contributed by atoms with E-state index in [1.807, 2.05) is 18.2 Å². The van der Waals surface area contributed by atoms with Crippen LogP contribution in [0.4, 0.5) is 0 Å². The van der Waals surface area contributed by atoms with E-state index in [1.54, 1.807) is 22.0 Å². The lowest BCUT2D eigenvalue weighted by Gasteiger charge is -2.00. The van der Waals surface area contributed by atoms with Crippen LogP contribution >= 0.6 is 11.3 Å². The predicted molar refractivity (Wildman–Crippen MR) is 80.8 cm³/mol. The van der Waals surface area contributed by atoms with E-state index in [-0.39, 0.29) is 5.69 Å². The van der Waals surface area contributed by atoms with E-state index < -0.39 is 5.97 Å². The van der Waals surface area contributed by atoms with Gasteiger partial charge < -0.3 is 5.11 Å². The van der Waals surface area contributed by atoms with E-state index in [4.69, 9.17) is 5.11 Å². The van der Waals surface area contributed by atoms with Crippen molar-refractivity contribution in [1.29, 1.82) is 0 Å². The van der Waals surface area contributed by atoms with Gasteiger partial charge in [0, 0.05) is 17.0 Å². The predicted octanol–water partition coefficient (Wildman–Crippen LogP) is 3.31. The quantitative estimate of drug-likeness (QED) is 0.616. The van der Waals surface area contributed by atoms with Gasteiger partial charge in [0.05, 0.1) is 10.6 Å². The molecule has 0 aliphatic rings. The number of carboxylic acid groups (broad SMARTS) is 1. The molecular weight excluding hydrogens is 286 g/mol. The first-order valence-electron chi connectivity index (χ1n) is 6.29. The van der Waals surface area contributed by atoms with Gasteiger partial charge in [0.2, 0.25) is 0 Å². The Balaban J connectivity index is 1.98. The highest BCUT2D eigenvalue weighted by molar-refractivity contribution is 7.22. The summed E-state index contributed by atoms with van der Waals surface area (Å²) in [5.74, 6) is -1.05. The summed E-state index contributed by atoms with van der Waals surface area (Å²) < 4.78 is 2.76. The van der Waals surface area contributed by atoms with Crippen LogP contribution in [0, 0.1) is 0 Å². The van der Waals surface area contributed by atoms with Crippen LogP contribution in [0.1, 0.15) is 10.5 Å². The maximum absolute atomic E-state index is 11.1. The van der Waals surface area contributed by atoms with E-state index in [1.165, 1.54) is 10.8 Å². The zero-order valence-electron chi connectivity index (χ0n) is 10.7. The smallest absolute Gasteiger partial charge is 0.356 e. The highest BCUT2D eigenvalue weighted by Crippen LogP contribution is 2.33. The van der Waals surface area contributed by atoms with Gasteiger partial charge in [0.25, 0.3) is 0 Å². The van der Waals surface area contributed by atoms with Crippen molar-refractivity contribution in [3.63, 3.8) is 0 Å². The monoisotopic (exact) mass is 295 g/mol. The van der Waals surface area contributed by atoms with Crippen LogP contribution in [0.2, 0.25) is 0 Å². The van der Waals surface area contributed by atoms with Crippen molar-refractivity contribution < 1.29 is 9.90 Å². The Morgan fingerprint density at radius 2 is 2.05 bits per heavy atom. The fourth-order valence-corrected chi connectivity index (χ4v) is 3.37. The molecule has 0 spiro atoms. The second-order valence-electron chi connectivity index (χ2n) is 4.58. The molecule has 1 N–H and O–H groups in total. The first-order chi connectivity index (χ1) is 10.2. The fraction of sp³-hybridized carbons (Fsp3) is 0. The van der Waals surface area contributed by atoms with Crippen LogP contribution in [-0.4, -0.2) is 25.7 Å². The van der Waals surface area contributed by atoms with Gasteiger partial charge in [0.15, 0.2) is 11.3 Å². The van der Waals surface area contributed by atoms with Gasteiger partial charge in [-0.25, -0.2) is 14.3 Å². The molecule has 102 valence electrons. The van der Waals surface area contributed by atoms with Crippen molar-refractivity contribution in [2.24, 2.45) is 0 Å². The zero-order chi connectivity index (χ0) is 14.4. The molecule has 5 nitrogen and oxygen atoms in total. The summed E-state index contributed by atoms with van der Waals surface area (Å²) in [6, 6.07) is 13.5. The lowest BCUT2D eigenvalue weighted by atomic mass is 10.2. The third kappa shape index (κ3) is 1.88. The van der Waals surface area contributed by atoms with E-state index in [0.29, 0.717) is 5.65 Å². The number of carbonyl (C=O) groups is 1. The Morgan fingerprint density at radius 3 is 2.86 bits per heavy atom. The number of hydrogen-bond donors (Lipinski definition) is 1. The van der Waals surface area contributed by atoms with Crippen molar-refractivity contribution in [2.45, 2.75) is 0 Å². The molecule has 3 heterocycles. The second-order valence-corrected chi connectivity index (χ2v) is 5.67. The number of thiophene rings is 1. The summed E-state index contributed by atoms with van der Waals surface area (Å²) in [5, 5.41) is 14.3. The van der Waals surface area contributed by atoms with Gasteiger partial charge in [-0.05, 0) is 23.6 Å². The van der Waals surface area contributed by atoms with Crippen molar-refractivity contribution in [2.75, 3.05) is 0 Å². The van der Waals surface area contributed by atoms with E-state index in [0.717, 1.165) is 16.0 Å². The van der Waals surface area contributed by atoms with Crippen molar-refractivity contribution >= 4 is 33.0 Å². The summed E-state index contributed by atoms with van der Waals surface area (Å²) in [7, 11) is 0. The molecular formula is C15H9N3O2S. The first-order valence-corrected chi connectivity index (χ1v) is 7.11. The number of aromatic carboxylic acids is 1. The Morgan fingerprint density at radius 1 is 1.19 bits per heavy atom. The van der Waals surface area contributed by atoms with Gasteiger partial charge in [-0.15, -0.1) is 11.3 Å². The molecule has 21 heavy (non-hydrogen) atoms. The van der Waals surface area contributed by atoms with Crippen LogP contribution in [0.5, 0.6) is 0 Å². The van der Waals surface area contributed by atoms with Crippen molar-refractivity contribution in [3.05, 3.63) is 54.4 Å². The Bertz CT molecular complexity index is 954. The molecule has 6 heteroatoms. The Labute approximate surface area is 123 Å². The average molecular weight is 295 g/mol. The SMILES string of the molecule is O=C(O)c1cc2nccc(-c3cc4ccccc4s3)n2n1. The fourth-order valence-electron chi connectivity index (χ4n) is 2.29. The minimum atomic E-state index is -1.05. The molecule has 4 aromatic rings. The van der Waals surface area contributed by atoms with Crippen LogP contribution in [0.3, 0.4) is 0 Å². The second kappa shape index (κ2) is 4.39. The summed E-state index contributed by atoms with van der Waals surface area (Å²) in [4.78, 5) is 16.3. The lowest BCUT2D eigenvalue weighted by Crippen LogP contribution is -1.99. The average Bonchev–Trinajstić information content (AvgIpc) is 3.10. The summed E-state index contributed by atoms with van der Waals surface area (Å²) in [5.41, 5.74) is 1.37. The third-order valence-corrected chi connectivity index (χ3v) is 4.39. The molecule has 0 amide bonds. The minimum absolute atomic E-state index is 0.00365. The van der Waals surface area contributed by atoms with Crippen molar-refractivity contribution in [3.8, 4) is 10.6 Å². The first kappa shape index (κ1) is 12.0. The Hall–Kier alpha value is -2.73. The Kier molecular flexibility index (Phi) is 2.52. The molecule has 0 radical (unpaired) electrons. The number of aromatic nitrogens is 3. The van der Waals surface area contributed by atoms with E-state index in [9.17, 15) is 4.79 Å². The maximum atomic E-state index is 11.1. The van der Waals surface area contributed by atoms with Gasteiger partial charge in [-0.1, -0.05) is 18.2 Å². The third-order valence-electron chi connectivity index (χ3n) is 3.26. The number of carboxylic acids is 1. The van der Waals surface area contributed by atoms with Crippen LogP contribution in [-0.2, 0) is 0 Å². The van der Waals surface area contributed by atoms with Crippen molar-refractivity contribution in [1.82, 2.24) is 14.6 Å². The van der Waals surface area contributed by atoms with Gasteiger partial charge in [0.1, 0.15) is 0 Å².